The van der Waals surface area contributed by atoms with Crippen molar-refractivity contribution in [1.29, 1.82) is 0 Å². The van der Waals surface area contributed by atoms with Gasteiger partial charge in [0.1, 0.15) is 0 Å². The van der Waals surface area contributed by atoms with Crippen molar-refractivity contribution < 1.29 is 0 Å². The fraction of sp³-hybridized carbons (Fsp3) is 0.550. The molecule has 3 aliphatic rings. The highest BCUT2D eigenvalue weighted by molar-refractivity contribution is 5.81. The topological polar surface area (TPSA) is 36.1 Å². The number of piperidine rings is 1. The third-order valence-corrected chi connectivity index (χ3v) is 6.95. The highest BCUT2D eigenvalue weighted by Crippen LogP contribution is 2.55. The Morgan fingerprint density at radius 2 is 2.13 bits per heavy atom. The summed E-state index contributed by atoms with van der Waals surface area (Å²) in [6, 6.07) is 8.99. The molecule has 5 rings (SSSR count). The lowest BCUT2D eigenvalue weighted by Gasteiger charge is -2.58. The Morgan fingerprint density at radius 3 is 3.04 bits per heavy atom. The first-order valence-corrected chi connectivity index (χ1v) is 9.04. The maximum absolute atomic E-state index is 11.7. The number of hydrogen-bond donors (Lipinski definition) is 1. The molecule has 1 N–H and O–H groups in total. The summed E-state index contributed by atoms with van der Waals surface area (Å²) in [6.45, 7) is 1.21. The van der Waals surface area contributed by atoms with Gasteiger partial charge in [0.25, 0.3) is 0 Å². The van der Waals surface area contributed by atoms with Crippen molar-refractivity contribution >= 4 is 10.9 Å². The molecular formula is C20H24N2O. The van der Waals surface area contributed by atoms with Crippen LogP contribution in [0.4, 0.5) is 0 Å². The van der Waals surface area contributed by atoms with Crippen molar-refractivity contribution in [3.63, 3.8) is 0 Å². The Bertz CT molecular complexity index is 839. The molecular weight excluding hydrogens is 284 g/mol. The van der Waals surface area contributed by atoms with Gasteiger partial charge in [-0.05, 0) is 79.9 Å². The highest BCUT2D eigenvalue weighted by Gasteiger charge is 2.53. The van der Waals surface area contributed by atoms with E-state index >= 15 is 0 Å². The number of aromatic amines is 1. The SMILES string of the molecule is CN1CCC23CCCC[C@H]2[C@H]1Cc1cc2ccc(=O)[nH]c2cc13. The van der Waals surface area contributed by atoms with Crippen LogP contribution in [-0.2, 0) is 11.8 Å². The maximum atomic E-state index is 11.7. The summed E-state index contributed by atoms with van der Waals surface area (Å²) in [5.41, 5.74) is 4.48. The minimum Gasteiger partial charge on any atom is -0.322 e. The van der Waals surface area contributed by atoms with Crippen LogP contribution in [0.15, 0.2) is 29.1 Å². The lowest BCUT2D eigenvalue weighted by Crippen LogP contribution is -2.59. The Hall–Kier alpha value is -1.61. The Labute approximate surface area is 136 Å². The van der Waals surface area contributed by atoms with Gasteiger partial charge in [0.15, 0.2) is 0 Å². The standard InChI is InChI=1S/C20H24N2O/c1-22-9-8-20-7-3-2-4-15(20)18(22)11-14-10-13-5-6-19(23)21-17(13)12-16(14)20/h5-6,10,12,15,18H,2-4,7-9,11H2,1H3,(H,21,23)/t15-,18+,20?/m0/s1. The van der Waals surface area contributed by atoms with Crippen LogP contribution in [0, 0.1) is 5.92 Å². The number of aromatic nitrogens is 1. The Morgan fingerprint density at radius 1 is 1.22 bits per heavy atom. The molecule has 1 aromatic carbocycles. The summed E-state index contributed by atoms with van der Waals surface area (Å²) >= 11 is 0. The number of likely N-dealkylation sites (tertiary alicyclic amines) is 1. The molecule has 1 unspecified atom stereocenters. The van der Waals surface area contributed by atoms with Crippen LogP contribution in [0.3, 0.4) is 0 Å². The van der Waals surface area contributed by atoms with Crippen molar-refractivity contribution in [2.24, 2.45) is 5.92 Å². The fourth-order valence-electron chi connectivity index (χ4n) is 5.86. The molecule has 0 radical (unpaired) electrons. The minimum atomic E-state index is 0.00667. The van der Waals surface area contributed by atoms with Crippen molar-refractivity contribution in [2.45, 2.75) is 50.0 Å². The van der Waals surface area contributed by atoms with Crippen LogP contribution in [-0.4, -0.2) is 29.5 Å². The van der Waals surface area contributed by atoms with Gasteiger partial charge in [-0.25, -0.2) is 0 Å². The molecule has 3 atom stereocenters. The predicted octanol–water partition coefficient (Wildman–Crippen LogP) is 3.22. The molecule has 1 saturated heterocycles. The van der Waals surface area contributed by atoms with Crippen LogP contribution in [0.2, 0.25) is 0 Å². The highest BCUT2D eigenvalue weighted by atomic mass is 16.1. The zero-order chi connectivity index (χ0) is 15.6. The quantitative estimate of drug-likeness (QED) is 0.811. The third-order valence-electron chi connectivity index (χ3n) is 6.95. The van der Waals surface area contributed by atoms with E-state index in [9.17, 15) is 4.79 Å². The van der Waals surface area contributed by atoms with E-state index in [4.69, 9.17) is 0 Å². The monoisotopic (exact) mass is 308 g/mol. The van der Waals surface area contributed by atoms with Gasteiger partial charge in [0.2, 0.25) is 5.56 Å². The number of hydrogen-bond acceptors (Lipinski definition) is 2. The summed E-state index contributed by atoms with van der Waals surface area (Å²) in [5.74, 6) is 0.801. The van der Waals surface area contributed by atoms with E-state index in [1.54, 1.807) is 11.6 Å². The van der Waals surface area contributed by atoms with Gasteiger partial charge in [-0.15, -0.1) is 0 Å². The average Bonchev–Trinajstić information content (AvgIpc) is 2.57. The average molecular weight is 308 g/mol. The molecule has 1 aromatic heterocycles. The number of rotatable bonds is 0. The van der Waals surface area contributed by atoms with Crippen molar-refractivity contribution in [1.82, 2.24) is 9.88 Å². The van der Waals surface area contributed by atoms with Crippen LogP contribution < -0.4 is 5.56 Å². The van der Waals surface area contributed by atoms with Gasteiger partial charge in [-0.2, -0.15) is 0 Å². The summed E-state index contributed by atoms with van der Waals surface area (Å²) in [4.78, 5) is 17.4. The van der Waals surface area contributed by atoms with E-state index < -0.39 is 0 Å². The molecule has 0 spiro atoms. The summed E-state index contributed by atoms with van der Waals surface area (Å²) < 4.78 is 0. The zero-order valence-electron chi connectivity index (χ0n) is 13.8. The summed E-state index contributed by atoms with van der Waals surface area (Å²) in [6.07, 6.45) is 7.90. The van der Waals surface area contributed by atoms with E-state index in [2.05, 4.69) is 29.1 Å². The second-order valence-corrected chi connectivity index (χ2v) is 7.93. The third kappa shape index (κ3) is 1.83. The van der Waals surface area contributed by atoms with Crippen LogP contribution in [0.25, 0.3) is 10.9 Å². The van der Waals surface area contributed by atoms with Gasteiger partial charge in [-0.3, -0.25) is 4.79 Å². The largest absolute Gasteiger partial charge is 0.322 e. The van der Waals surface area contributed by atoms with Gasteiger partial charge < -0.3 is 9.88 Å². The predicted molar refractivity (Wildman–Crippen MR) is 92.9 cm³/mol. The molecule has 23 heavy (non-hydrogen) atoms. The van der Waals surface area contributed by atoms with Gasteiger partial charge in [-0.1, -0.05) is 12.8 Å². The summed E-state index contributed by atoms with van der Waals surface area (Å²) in [5, 5.41) is 1.18. The molecule has 2 bridgehead atoms. The number of benzene rings is 1. The van der Waals surface area contributed by atoms with Crippen molar-refractivity contribution in [3.8, 4) is 0 Å². The van der Waals surface area contributed by atoms with Gasteiger partial charge >= 0.3 is 0 Å². The van der Waals surface area contributed by atoms with Crippen molar-refractivity contribution in [2.75, 3.05) is 13.6 Å². The van der Waals surface area contributed by atoms with E-state index in [-0.39, 0.29) is 5.56 Å². The zero-order valence-corrected chi connectivity index (χ0v) is 13.8. The van der Waals surface area contributed by atoms with E-state index in [0.717, 1.165) is 11.4 Å². The number of pyridine rings is 1. The molecule has 1 aliphatic heterocycles. The molecule has 0 amide bonds. The molecule has 2 aliphatic carbocycles. The lowest BCUT2D eigenvalue weighted by molar-refractivity contribution is 0.00298. The summed E-state index contributed by atoms with van der Waals surface area (Å²) in [7, 11) is 2.31. The smallest absolute Gasteiger partial charge is 0.248 e. The number of H-pyrrole nitrogens is 1. The van der Waals surface area contributed by atoms with Crippen LogP contribution in [0.1, 0.15) is 43.2 Å². The lowest BCUT2D eigenvalue weighted by atomic mass is 9.52. The number of nitrogens with one attached hydrogen (secondary N) is 1. The normalized spacial score (nSPS) is 33.3. The molecule has 2 fully saturated rings. The first-order valence-electron chi connectivity index (χ1n) is 9.04. The number of nitrogens with zero attached hydrogens (tertiary/aromatic N) is 1. The molecule has 120 valence electrons. The van der Waals surface area contributed by atoms with E-state index in [1.165, 1.54) is 56.0 Å². The Balaban J connectivity index is 1.77. The second kappa shape index (κ2) is 4.70. The van der Waals surface area contributed by atoms with Gasteiger partial charge in [0, 0.05) is 23.0 Å². The fourth-order valence-corrected chi connectivity index (χ4v) is 5.86. The number of fused-ring (bicyclic) bond motifs is 2. The molecule has 3 nitrogen and oxygen atoms in total. The Kier molecular flexibility index (Phi) is 2.82. The molecule has 1 saturated carbocycles. The van der Waals surface area contributed by atoms with Gasteiger partial charge in [0.05, 0.1) is 0 Å². The first kappa shape index (κ1) is 13.8. The molecule has 3 heteroatoms. The van der Waals surface area contributed by atoms with Crippen LogP contribution in [0.5, 0.6) is 0 Å². The minimum absolute atomic E-state index is 0.00667. The molecule has 2 heterocycles. The van der Waals surface area contributed by atoms with E-state index in [1.807, 2.05) is 6.07 Å². The molecule has 2 aromatic rings. The van der Waals surface area contributed by atoms with Crippen LogP contribution >= 0.6 is 0 Å². The first-order chi connectivity index (χ1) is 11.2. The van der Waals surface area contributed by atoms with Crippen molar-refractivity contribution in [3.05, 3.63) is 45.7 Å². The number of likely N-dealkylation sites (N-methyl/N-ethyl adjacent to an activating group) is 1. The second-order valence-electron chi connectivity index (χ2n) is 7.93. The maximum Gasteiger partial charge on any atom is 0.248 e. The van der Waals surface area contributed by atoms with E-state index in [0.29, 0.717) is 11.5 Å².